The monoisotopic (exact) mass is 358 g/mol. The summed E-state index contributed by atoms with van der Waals surface area (Å²) in [6.45, 7) is 2.03. The lowest BCUT2D eigenvalue weighted by atomic mass is 10.00. The van der Waals surface area contributed by atoms with Crippen LogP contribution < -0.4 is 4.74 Å². The summed E-state index contributed by atoms with van der Waals surface area (Å²) in [6, 6.07) is 11.4. The fourth-order valence-corrected chi connectivity index (χ4v) is 3.27. The number of ether oxygens (including phenoxy) is 1. The average Bonchev–Trinajstić information content (AvgIpc) is 2.38. The SMILES string of the molecule is COc1ccc(Cl)cc1C(Br)c1ccc(Cl)cc1C. The lowest BCUT2D eigenvalue weighted by Crippen LogP contribution is -1.99. The molecule has 0 aliphatic rings. The van der Waals surface area contributed by atoms with Crippen LogP contribution in [0.4, 0.5) is 0 Å². The molecule has 0 N–H and O–H groups in total. The second-order valence-electron chi connectivity index (χ2n) is 4.25. The van der Waals surface area contributed by atoms with Gasteiger partial charge in [-0.2, -0.15) is 0 Å². The Morgan fingerprint density at radius 2 is 1.63 bits per heavy atom. The minimum absolute atomic E-state index is 0.0124. The second kappa shape index (κ2) is 6.17. The van der Waals surface area contributed by atoms with Crippen molar-refractivity contribution in [2.24, 2.45) is 0 Å². The smallest absolute Gasteiger partial charge is 0.123 e. The molecule has 2 rings (SSSR count). The molecule has 0 heterocycles. The van der Waals surface area contributed by atoms with E-state index in [1.807, 2.05) is 43.3 Å². The molecule has 1 nitrogen and oxygen atoms in total. The third kappa shape index (κ3) is 3.25. The fraction of sp³-hybridized carbons (Fsp3) is 0.200. The van der Waals surface area contributed by atoms with Crippen molar-refractivity contribution in [1.82, 2.24) is 0 Å². The van der Waals surface area contributed by atoms with E-state index >= 15 is 0 Å². The molecule has 0 amide bonds. The first kappa shape index (κ1) is 14.7. The van der Waals surface area contributed by atoms with E-state index in [2.05, 4.69) is 15.9 Å². The van der Waals surface area contributed by atoms with E-state index in [1.54, 1.807) is 7.11 Å². The van der Waals surface area contributed by atoms with Crippen molar-refractivity contribution in [2.75, 3.05) is 7.11 Å². The molecule has 0 saturated heterocycles. The highest BCUT2D eigenvalue weighted by atomic mass is 79.9. The highest BCUT2D eigenvalue weighted by Gasteiger charge is 2.17. The van der Waals surface area contributed by atoms with E-state index in [0.717, 1.165) is 27.5 Å². The van der Waals surface area contributed by atoms with E-state index in [1.165, 1.54) is 0 Å². The van der Waals surface area contributed by atoms with Crippen LogP contribution in [0.3, 0.4) is 0 Å². The topological polar surface area (TPSA) is 9.23 Å². The van der Waals surface area contributed by atoms with Gasteiger partial charge in [-0.05, 0) is 48.4 Å². The van der Waals surface area contributed by atoms with Crippen molar-refractivity contribution in [2.45, 2.75) is 11.8 Å². The molecule has 0 fully saturated rings. The number of hydrogen-bond donors (Lipinski definition) is 0. The van der Waals surface area contributed by atoms with Gasteiger partial charge >= 0.3 is 0 Å². The highest BCUT2D eigenvalue weighted by molar-refractivity contribution is 9.09. The lowest BCUT2D eigenvalue weighted by Gasteiger charge is -2.17. The van der Waals surface area contributed by atoms with E-state index in [0.29, 0.717) is 5.02 Å². The number of methoxy groups -OCH3 is 1. The summed E-state index contributed by atoms with van der Waals surface area (Å²) in [5, 5.41) is 1.42. The van der Waals surface area contributed by atoms with Crippen molar-refractivity contribution in [3.8, 4) is 5.75 Å². The van der Waals surface area contributed by atoms with Gasteiger partial charge in [0.15, 0.2) is 0 Å². The minimum atomic E-state index is 0.0124. The van der Waals surface area contributed by atoms with Gasteiger partial charge in [-0.15, -0.1) is 0 Å². The molecule has 0 radical (unpaired) electrons. The molecule has 0 saturated carbocycles. The Kier molecular flexibility index (Phi) is 4.77. The molecular weight excluding hydrogens is 347 g/mol. The van der Waals surface area contributed by atoms with Crippen molar-refractivity contribution in [1.29, 1.82) is 0 Å². The molecule has 0 aliphatic heterocycles. The van der Waals surface area contributed by atoms with E-state index in [4.69, 9.17) is 27.9 Å². The summed E-state index contributed by atoms with van der Waals surface area (Å²) in [4.78, 5) is 0.0124. The zero-order valence-corrected chi connectivity index (χ0v) is 13.7. The number of alkyl halides is 1. The van der Waals surface area contributed by atoms with Crippen molar-refractivity contribution >= 4 is 39.1 Å². The third-order valence-corrected chi connectivity index (χ3v) is 4.43. The minimum Gasteiger partial charge on any atom is -0.496 e. The third-order valence-electron chi connectivity index (χ3n) is 2.97. The van der Waals surface area contributed by atoms with Gasteiger partial charge in [0.1, 0.15) is 5.75 Å². The first-order valence-electron chi connectivity index (χ1n) is 5.76. The van der Waals surface area contributed by atoms with Crippen molar-refractivity contribution in [3.05, 3.63) is 63.1 Å². The van der Waals surface area contributed by atoms with Crippen molar-refractivity contribution < 1.29 is 4.74 Å². The molecule has 100 valence electrons. The maximum atomic E-state index is 6.07. The largest absolute Gasteiger partial charge is 0.496 e. The van der Waals surface area contributed by atoms with Gasteiger partial charge in [0.25, 0.3) is 0 Å². The summed E-state index contributed by atoms with van der Waals surface area (Å²) in [7, 11) is 1.65. The van der Waals surface area contributed by atoms with Crippen LogP contribution in [-0.2, 0) is 0 Å². The molecule has 0 aromatic heterocycles. The van der Waals surface area contributed by atoms with E-state index in [-0.39, 0.29) is 4.83 Å². The second-order valence-corrected chi connectivity index (χ2v) is 6.04. The number of benzene rings is 2. The van der Waals surface area contributed by atoms with E-state index < -0.39 is 0 Å². The first-order valence-corrected chi connectivity index (χ1v) is 7.43. The van der Waals surface area contributed by atoms with Crippen LogP contribution in [0.15, 0.2) is 36.4 Å². The number of aryl methyl sites for hydroxylation is 1. The van der Waals surface area contributed by atoms with Gasteiger partial charge in [-0.1, -0.05) is 45.2 Å². The standard InChI is InChI=1S/C15H13BrCl2O/c1-9-7-10(17)3-5-12(9)15(16)13-8-11(18)4-6-14(13)19-2/h3-8,15H,1-2H3. The predicted octanol–water partition coefficient (Wildman–Crippen LogP) is 5.79. The summed E-state index contributed by atoms with van der Waals surface area (Å²) < 4.78 is 5.39. The first-order chi connectivity index (χ1) is 9.02. The van der Waals surface area contributed by atoms with Gasteiger partial charge in [-0.3, -0.25) is 0 Å². The van der Waals surface area contributed by atoms with Crippen LogP contribution in [0.2, 0.25) is 10.0 Å². The van der Waals surface area contributed by atoms with Gasteiger partial charge in [0.2, 0.25) is 0 Å². The maximum absolute atomic E-state index is 6.07. The lowest BCUT2D eigenvalue weighted by molar-refractivity contribution is 0.410. The quantitative estimate of drug-likeness (QED) is 0.629. The molecule has 2 aromatic carbocycles. The number of rotatable bonds is 3. The van der Waals surface area contributed by atoms with Gasteiger partial charge in [0.05, 0.1) is 11.9 Å². The summed E-state index contributed by atoms with van der Waals surface area (Å²) in [6.07, 6.45) is 0. The molecule has 1 unspecified atom stereocenters. The van der Waals surface area contributed by atoms with Crippen LogP contribution in [0, 0.1) is 6.92 Å². The fourth-order valence-electron chi connectivity index (χ4n) is 1.99. The number of halogens is 3. The van der Waals surface area contributed by atoms with Gasteiger partial charge < -0.3 is 4.74 Å². The van der Waals surface area contributed by atoms with Crippen molar-refractivity contribution in [3.63, 3.8) is 0 Å². The zero-order valence-electron chi connectivity index (χ0n) is 10.6. The van der Waals surface area contributed by atoms with Crippen LogP contribution >= 0.6 is 39.1 Å². The molecule has 4 heteroatoms. The Labute approximate surface area is 131 Å². The Bertz CT molecular complexity index is 599. The predicted molar refractivity (Wildman–Crippen MR) is 85.0 cm³/mol. The molecule has 19 heavy (non-hydrogen) atoms. The molecular formula is C15H13BrCl2O. The molecule has 1 atom stereocenters. The summed E-state index contributed by atoms with van der Waals surface area (Å²) in [5.41, 5.74) is 3.27. The summed E-state index contributed by atoms with van der Waals surface area (Å²) >= 11 is 15.8. The Balaban J connectivity index is 2.49. The normalized spacial score (nSPS) is 12.3. The van der Waals surface area contributed by atoms with Gasteiger partial charge in [-0.25, -0.2) is 0 Å². The molecule has 0 bridgehead atoms. The maximum Gasteiger partial charge on any atom is 0.123 e. The molecule has 0 spiro atoms. The van der Waals surface area contributed by atoms with Crippen LogP contribution in [0.5, 0.6) is 5.75 Å². The Morgan fingerprint density at radius 3 is 2.26 bits per heavy atom. The van der Waals surface area contributed by atoms with Crippen LogP contribution in [0.25, 0.3) is 0 Å². The Morgan fingerprint density at radius 1 is 1.00 bits per heavy atom. The van der Waals surface area contributed by atoms with Crippen LogP contribution in [0.1, 0.15) is 21.5 Å². The van der Waals surface area contributed by atoms with Crippen LogP contribution in [-0.4, -0.2) is 7.11 Å². The average molecular weight is 360 g/mol. The number of hydrogen-bond acceptors (Lipinski definition) is 1. The molecule has 0 aliphatic carbocycles. The molecule has 2 aromatic rings. The van der Waals surface area contributed by atoms with Gasteiger partial charge in [0, 0.05) is 15.6 Å². The Hall–Kier alpha value is -0.700. The zero-order chi connectivity index (χ0) is 14.0. The van der Waals surface area contributed by atoms with E-state index in [9.17, 15) is 0 Å². The highest BCUT2D eigenvalue weighted by Crippen LogP contribution is 2.39. The summed E-state index contributed by atoms with van der Waals surface area (Å²) in [5.74, 6) is 0.806.